The first-order valence-corrected chi connectivity index (χ1v) is 8.80. The van der Waals surface area contributed by atoms with Crippen molar-refractivity contribution < 1.29 is 17.6 Å². The predicted molar refractivity (Wildman–Crippen MR) is 101 cm³/mol. The molecule has 1 N–H and O–H groups in total. The number of nitrogens with zero attached hydrogens (tertiary/aromatic N) is 4. The van der Waals surface area contributed by atoms with Crippen molar-refractivity contribution >= 4 is 39.8 Å². The number of nitrogens with one attached hydrogen (secondary N) is 1. The van der Waals surface area contributed by atoms with Gasteiger partial charge in [-0.3, -0.25) is 9.69 Å². The number of anilines is 1. The highest BCUT2D eigenvalue weighted by molar-refractivity contribution is 6.69. The molecule has 0 saturated heterocycles. The summed E-state index contributed by atoms with van der Waals surface area (Å²) < 4.78 is 55.2. The van der Waals surface area contributed by atoms with Crippen LogP contribution in [0.25, 0.3) is 16.8 Å². The quantitative estimate of drug-likeness (QED) is 0.358. The van der Waals surface area contributed by atoms with E-state index in [1.165, 1.54) is 12.1 Å². The van der Waals surface area contributed by atoms with Gasteiger partial charge in [0.05, 0.1) is 5.56 Å². The van der Waals surface area contributed by atoms with Gasteiger partial charge in [0.25, 0.3) is 5.56 Å². The molecule has 0 amide bonds. The van der Waals surface area contributed by atoms with Gasteiger partial charge in [0, 0.05) is 12.3 Å². The molecule has 1 atom stereocenters. The summed E-state index contributed by atoms with van der Waals surface area (Å²) in [6, 6.07) is 8.57. The molecule has 1 aromatic carbocycles. The van der Waals surface area contributed by atoms with E-state index in [4.69, 9.17) is 23.2 Å². The van der Waals surface area contributed by atoms with Gasteiger partial charge in [-0.2, -0.15) is 22.8 Å². The molecule has 2 aromatic heterocycles. The summed E-state index contributed by atoms with van der Waals surface area (Å²) in [6.07, 6.45) is -3.93. The molecule has 150 valence electrons. The lowest BCUT2D eigenvalue weighted by Crippen LogP contribution is -2.31. The molecule has 0 aliphatic carbocycles. The fraction of sp³-hybridized carbons (Fsp3) is 0.118. The van der Waals surface area contributed by atoms with Gasteiger partial charge >= 0.3 is 6.18 Å². The van der Waals surface area contributed by atoms with Crippen LogP contribution in [0.5, 0.6) is 0 Å². The number of H-pyrrole nitrogens is 1. The zero-order valence-electron chi connectivity index (χ0n) is 14.1. The number of alkyl halides is 4. The van der Waals surface area contributed by atoms with Crippen molar-refractivity contribution in [2.24, 2.45) is 4.99 Å². The van der Waals surface area contributed by atoms with E-state index in [-0.39, 0.29) is 22.6 Å². The molecule has 29 heavy (non-hydrogen) atoms. The molecule has 3 heterocycles. The van der Waals surface area contributed by atoms with E-state index >= 15 is 0 Å². The Morgan fingerprint density at radius 3 is 2.52 bits per heavy atom. The second-order valence-corrected chi connectivity index (χ2v) is 6.70. The number of hydrogen-bond donors (Lipinski definition) is 1. The largest absolute Gasteiger partial charge is 0.435 e. The smallest absolute Gasteiger partial charge is 0.325 e. The van der Waals surface area contributed by atoms with Gasteiger partial charge in [-0.05, 0) is 5.56 Å². The van der Waals surface area contributed by atoms with Gasteiger partial charge in [0.15, 0.2) is 16.7 Å². The van der Waals surface area contributed by atoms with Gasteiger partial charge in [-0.15, -0.1) is 0 Å². The van der Waals surface area contributed by atoms with Gasteiger partial charge < -0.3 is 4.98 Å². The van der Waals surface area contributed by atoms with E-state index in [0.29, 0.717) is 4.52 Å². The maximum absolute atomic E-state index is 13.8. The summed E-state index contributed by atoms with van der Waals surface area (Å²) in [5.74, 6) is -1.01. The molecule has 1 aliphatic rings. The minimum absolute atomic E-state index is 0.0867. The molecule has 3 aromatic rings. The number of hydrogen-bond acceptors (Lipinski definition) is 4. The minimum Gasteiger partial charge on any atom is -0.325 e. The number of rotatable bonds is 2. The van der Waals surface area contributed by atoms with E-state index in [1.54, 1.807) is 18.2 Å². The third-order valence-corrected chi connectivity index (χ3v) is 4.69. The van der Waals surface area contributed by atoms with Crippen molar-refractivity contribution in [3.63, 3.8) is 0 Å². The average Bonchev–Trinajstić information content (AvgIpc) is 3.06. The molecular formula is C17H9Cl2F4N5O. The Morgan fingerprint density at radius 2 is 1.86 bits per heavy atom. The molecule has 1 unspecified atom stereocenters. The van der Waals surface area contributed by atoms with Gasteiger partial charge in [-0.1, -0.05) is 53.5 Å². The number of allylic oxidation sites excluding steroid dienone is 1. The maximum Gasteiger partial charge on any atom is 0.435 e. The number of benzene rings is 1. The van der Waals surface area contributed by atoms with Crippen molar-refractivity contribution in [3.8, 4) is 11.1 Å². The van der Waals surface area contributed by atoms with Crippen LogP contribution >= 0.6 is 23.2 Å². The first-order chi connectivity index (χ1) is 13.7. The fourth-order valence-corrected chi connectivity index (χ4v) is 3.33. The standard InChI is InChI=1S/C17H9Cl2F4N5O/c18-14-9(20)7-27(16(19)25-14)10-6-11(29)28-15(24-10)12(8-4-2-1-3-5-8)13(26-28)17(21,22)23/h1-7,16,24H. The van der Waals surface area contributed by atoms with E-state index in [0.717, 1.165) is 17.2 Å². The Bertz CT molecular complexity index is 1220. The number of fused-ring (bicyclic) bond motifs is 1. The number of aromatic nitrogens is 3. The highest BCUT2D eigenvalue weighted by Crippen LogP contribution is 2.38. The second-order valence-electron chi connectivity index (χ2n) is 5.96. The predicted octanol–water partition coefficient (Wildman–Crippen LogP) is 4.50. The van der Waals surface area contributed by atoms with Crippen molar-refractivity contribution in [3.05, 3.63) is 64.5 Å². The highest BCUT2D eigenvalue weighted by atomic mass is 35.5. The Hall–Kier alpha value is -2.85. The number of halogens is 6. The van der Waals surface area contributed by atoms with Crippen molar-refractivity contribution in [2.45, 2.75) is 11.8 Å². The molecule has 6 nitrogen and oxygen atoms in total. The lowest BCUT2D eigenvalue weighted by Gasteiger charge is -2.25. The van der Waals surface area contributed by atoms with Gasteiger partial charge in [0.2, 0.25) is 5.62 Å². The van der Waals surface area contributed by atoms with Crippen LogP contribution in [0.1, 0.15) is 5.69 Å². The lowest BCUT2D eigenvalue weighted by molar-refractivity contribution is -0.140. The molecule has 0 spiro atoms. The van der Waals surface area contributed by atoms with Crippen molar-refractivity contribution in [1.29, 1.82) is 0 Å². The second kappa shape index (κ2) is 6.89. The van der Waals surface area contributed by atoms with Crippen molar-refractivity contribution in [2.75, 3.05) is 4.90 Å². The Kier molecular flexibility index (Phi) is 4.62. The topological polar surface area (TPSA) is 65.8 Å². The molecule has 0 fully saturated rings. The van der Waals surface area contributed by atoms with Crippen LogP contribution in [-0.2, 0) is 6.18 Å². The Morgan fingerprint density at radius 1 is 1.17 bits per heavy atom. The van der Waals surface area contributed by atoms with Crippen LogP contribution in [0, 0.1) is 0 Å². The third kappa shape index (κ3) is 3.38. The van der Waals surface area contributed by atoms with Crippen LogP contribution in [-0.4, -0.2) is 25.4 Å². The molecule has 0 saturated carbocycles. The zero-order chi connectivity index (χ0) is 20.9. The minimum atomic E-state index is -4.82. The van der Waals surface area contributed by atoms with E-state index in [1.807, 2.05) is 0 Å². The Balaban J connectivity index is 2.00. The molecule has 12 heteroatoms. The molecule has 1 aliphatic heterocycles. The molecule has 4 rings (SSSR count). The van der Waals surface area contributed by atoms with E-state index in [2.05, 4.69) is 15.1 Å². The summed E-state index contributed by atoms with van der Waals surface area (Å²) >= 11 is 11.6. The highest BCUT2D eigenvalue weighted by Gasteiger charge is 2.39. The average molecular weight is 446 g/mol. The third-order valence-electron chi connectivity index (χ3n) is 4.11. The van der Waals surface area contributed by atoms with E-state index in [9.17, 15) is 22.4 Å². The first-order valence-electron chi connectivity index (χ1n) is 7.99. The van der Waals surface area contributed by atoms with Crippen molar-refractivity contribution in [1.82, 2.24) is 14.6 Å². The summed E-state index contributed by atoms with van der Waals surface area (Å²) in [7, 11) is 0. The first kappa shape index (κ1) is 19.5. The molecule has 0 radical (unpaired) electrons. The SMILES string of the molecule is O=c1cc(N2C=C(F)C(Cl)=NC2Cl)[nH]c2c(-c3ccccc3)c(C(F)(F)F)nn12. The lowest BCUT2D eigenvalue weighted by atomic mass is 10.1. The molecule has 0 bridgehead atoms. The summed E-state index contributed by atoms with van der Waals surface area (Å²) in [5, 5.41) is 2.99. The molecular weight excluding hydrogens is 437 g/mol. The fourth-order valence-electron chi connectivity index (χ4n) is 2.88. The summed E-state index contributed by atoms with van der Waals surface area (Å²) in [5.41, 5.74) is -3.70. The monoisotopic (exact) mass is 445 g/mol. The van der Waals surface area contributed by atoms with Crippen LogP contribution in [0.3, 0.4) is 0 Å². The summed E-state index contributed by atoms with van der Waals surface area (Å²) in [4.78, 5) is 19.9. The van der Waals surface area contributed by atoms with Gasteiger partial charge in [0.1, 0.15) is 11.5 Å². The maximum atomic E-state index is 13.8. The number of aromatic amines is 1. The van der Waals surface area contributed by atoms with Crippen LogP contribution < -0.4 is 10.5 Å². The van der Waals surface area contributed by atoms with Crippen LogP contribution in [0.4, 0.5) is 23.4 Å². The summed E-state index contributed by atoms with van der Waals surface area (Å²) in [6.45, 7) is 0. The normalized spacial score (nSPS) is 17.4. The van der Waals surface area contributed by atoms with Crippen LogP contribution in [0.15, 0.2) is 58.2 Å². The van der Waals surface area contributed by atoms with E-state index < -0.39 is 34.1 Å². The van der Waals surface area contributed by atoms with Gasteiger partial charge in [-0.25, -0.2) is 9.38 Å². The van der Waals surface area contributed by atoms with Crippen LogP contribution in [0.2, 0.25) is 0 Å². The zero-order valence-corrected chi connectivity index (χ0v) is 15.6. The Labute approximate surface area is 169 Å². The number of aliphatic imine (C=N–C) groups is 1.